The van der Waals surface area contributed by atoms with Crippen LogP contribution in [0.1, 0.15) is 11.1 Å². The molecule has 0 saturated carbocycles. The lowest BCUT2D eigenvalue weighted by Crippen LogP contribution is -2.14. The fraction of sp³-hybridized carbons (Fsp3) is 0.167. The van der Waals surface area contributed by atoms with Crippen LogP contribution in [0.5, 0.6) is 28.7 Å². The van der Waals surface area contributed by atoms with E-state index in [1.807, 2.05) is 0 Å². The normalized spacial score (nSPS) is 11.3. The number of halogens is 1. The van der Waals surface area contributed by atoms with Crippen molar-refractivity contribution in [3.63, 3.8) is 0 Å². The Labute approximate surface area is 203 Å². The summed E-state index contributed by atoms with van der Waals surface area (Å²) in [5, 5.41) is 11.1. The van der Waals surface area contributed by atoms with Gasteiger partial charge in [-0.2, -0.15) is 0 Å². The summed E-state index contributed by atoms with van der Waals surface area (Å²) in [6, 6.07) is 12.3. The number of benzene rings is 3. The molecule has 10 heteroatoms. The minimum atomic E-state index is -4.03. The van der Waals surface area contributed by atoms with Gasteiger partial charge in [0.25, 0.3) is 10.0 Å². The summed E-state index contributed by atoms with van der Waals surface area (Å²) in [5.74, 6) is 1.12. The molecule has 0 aliphatic carbocycles. The van der Waals surface area contributed by atoms with Crippen LogP contribution in [-0.4, -0.2) is 42.0 Å². The zero-order chi connectivity index (χ0) is 24.9. The number of hydrogen-bond donors (Lipinski definition) is 2. The second kappa shape index (κ2) is 10.6. The van der Waals surface area contributed by atoms with Crippen molar-refractivity contribution in [2.45, 2.75) is 4.90 Å². The summed E-state index contributed by atoms with van der Waals surface area (Å²) in [5.41, 5.74) is 1.04. The summed E-state index contributed by atoms with van der Waals surface area (Å²) in [7, 11) is 1.87. The van der Waals surface area contributed by atoms with E-state index >= 15 is 0 Å². The first-order chi connectivity index (χ1) is 16.2. The van der Waals surface area contributed by atoms with Gasteiger partial charge in [-0.1, -0.05) is 23.8 Å². The summed E-state index contributed by atoms with van der Waals surface area (Å²) < 4.78 is 49.6. The molecular weight excluding hydrogens is 482 g/mol. The number of nitrogens with one attached hydrogen (secondary N) is 1. The predicted molar refractivity (Wildman–Crippen MR) is 132 cm³/mol. The van der Waals surface area contributed by atoms with Crippen LogP contribution in [0, 0.1) is 0 Å². The number of phenols is 1. The lowest BCUT2D eigenvalue weighted by Gasteiger charge is -2.15. The van der Waals surface area contributed by atoms with E-state index in [1.54, 1.807) is 30.4 Å². The first kappa shape index (κ1) is 25.1. The van der Waals surface area contributed by atoms with Crippen molar-refractivity contribution < 1.29 is 32.5 Å². The van der Waals surface area contributed by atoms with E-state index in [0.717, 1.165) is 0 Å². The van der Waals surface area contributed by atoms with E-state index in [0.29, 0.717) is 33.4 Å². The van der Waals surface area contributed by atoms with Gasteiger partial charge in [-0.15, -0.1) is 0 Å². The van der Waals surface area contributed by atoms with E-state index in [-0.39, 0.29) is 22.1 Å². The van der Waals surface area contributed by atoms with Crippen molar-refractivity contribution in [1.29, 1.82) is 0 Å². The van der Waals surface area contributed by atoms with Crippen LogP contribution < -0.4 is 23.7 Å². The van der Waals surface area contributed by atoms with Crippen molar-refractivity contribution in [3.8, 4) is 28.7 Å². The molecule has 0 aliphatic heterocycles. The topological polar surface area (TPSA) is 103 Å². The smallest absolute Gasteiger partial charge is 0.262 e. The van der Waals surface area contributed by atoms with E-state index in [4.69, 9.17) is 30.5 Å². The highest BCUT2D eigenvalue weighted by Gasteiger charge is 2.20. The summed E-state index contributed by atoms with van der Waals surface area (Å²) in [6.45, 7) is 0. The highest BCUT2D eigenvalue weighted by Crippen LogP contribution is 2.41. The van der Waals surface area contributed by atoms with Gasteiger partial charge in [0.2, 0.25) is 5.75 Å². The molecule has 0 amide bonds. The van der Waals surface area contributed by atoms with Gasteiger partial charge in [0.05, 0.1) is 33.3 Å². The highest BCUT2D eigenvalue weighted by atomic mass is 35.5. The molecule has 0 fully saturated rings. The fourth-order valence-corrected chi connectivity index (χ4v) is 4.41. The molecule has 3 rings (SSSR count). The standard InChI is InChI=1S/C24H24ClNO7S/c1-30-19-12-7-16(6-5-15-13-20(31-2)24(33-4)21(14-15)32-3)22(23(19)27)26-34(28,29)18-10-8-17(25)9-11-18/h5-14,26-27H,1-4H3/b6-5-. The molecule has 0 radical (unpaired) electrons. The number of phenolic OH excluding ortho intramolecular Hbond substituents is 1. The van der Waals surface area contributed by atoms with Gasteiger partial charge in [-0.05, 0) is 54.1 Å². The first-order valence-corrected chi connectivity index (χ1v) is 11.8. The van der Waals surface area contributed by atoms with Gasteiger partial charge < -0.3 is 24.1 Å². The van der Waals surface area contributed by atoms with Gasteiger partial charge in [0.1, 0.15) is 5.69 Å². The number of ether oxygens (including phenoxy) is 4. The van der Waals surface area contributed by atoms with Crippen molar-refractivity contribution in [3.05, 3.63) is 64.7 Å². The molecule has 180 valence electrons. The highest BCUT2D eigenvalue weighted by molar-refractivity contribution is 7.92. The maximum absolute atomic E-state index is 13.0. The molecule has 8 nitrogen and oxygen atoms in total. The minimum absolute atomic E-state index is 0.0151. The van der Waals surface area contributed by atoms with Crippen LogP contribution >= 0.6 is 11.6 Å². The van der Waals surface area contributed by atoms with Crippen LogP contribution in [0.2, 0.25) is 5.02 Å². The van der Waals surface area contributed by atoms with Crippen LogP contribution in [-0.2, 0) is 10.0 Å². The Balaban J connectivity index is 2.05. The molecule has 0 spiro atoms. The zero-order valence-corrected chi connectivity index (χ0v) is 20.5. The Kier molecular flexibility index (Phi) is 7.80. The van der Waals surface area contributed by atoms with Crippen molar-refractivity contribution in [1.82, 2.24) is 0 Å². The Morgan fingerprint density at radius 3 is 1.94 bits per heavy atom. The Morgan fingerprint density at radius 1 is 0.824 bits per heavy atom. The largest absolute Gasteiger partial charge is 0.503 e. The molecule has 0 atom stereocenters. The Bertz CT molecular complexity index is 1280. The maximum Gasteiger partial charge on any atom is 0.262 e. The fourth-order valence-electron chi connectivity index (χ4n) is 3.19. The third-order valence-electron chi connectivity index (χ3n) is 4.90. The predicted octanol–water partition coefficient (Wildman–Crippen LogP) is 5.05. The molecule has 3 aromatic rings. The molecule has 0 saturated heterocycles. The summed E-state index contributed by atoms with van der Waals surface area (Å²) >= 11 is 5.87. The van der Waals surface area contributed by atoms with Crippen LogP contribution in [0.3, 0.4) is 0 Å². The summed E-state index contributed by atoms with van der Waals surface area (Å²) in [4.78, 5) is -0.0151. The van der Waals surface area contributed by atoms with E-state index in [9.17, 15) is 13.5 Å². The molecular formula is C24H24ClNO7S. The molecule has 34 heavy (non-hydrogen) atoms. The zero-order valence-electron chi connectivity index (χ0n) is 19.0. The molecule has 0 bridgehead atoms. The van der Waals surface area contributed by atoms with Crippen molar-refractivity contribution >= 4 is 39.5 Å². The molecule has 0 aliphatic rings. The molecule has 0 heterocycles. The van der Waals surface area contributed by atoms with Gasteiger partial charge in [-0.3, -0.25) is 4.72 Å². The molecule has 0 unspecified atom stereocenters. The van der Waals surface area contributed by atoms with Crippen LogP contribution in [0.25, 0.3) is 12.2 Å². The van der Waals surface area contributed by atoms with Crippen LogP contribution in [0.4, 0.5) is 5.69 Å². The molecule has 2 N–H and O–H groups in total. The number of hydrogen-bond acceptors (Lipinski definition) is 7. The maximum atomic E-state index is 13.0. The quantitative estimate of drug-likeness (QED) is 0.310. The SMILES string of the molecule is COc1ccc(/C=C\c2cc(OC)c(OC)c(OC)c2)c(NS(=O)(=O)c2ccc(Cl)cc2)c1O. The van der Waals surface area contributed by atoms with E-state index < -0.39 is 10.0 Å². The number of methoxy groups -OCH3 is 4. The Morgan fingerprint density at radius 2 is 1.41 bits per heavy atom. The van der Waals surface area contributed by atoms with Gasteiger partial charge in [0.15, 0.2) is 23.0 Å². The second-order valence-corrected chi connectivity index (χ2v) is 9.05. The number of rotatable bonds is 9. The molecule has 0 aromatic heterocycles. The van der Waals surface area contributed by atoms with Crippen molar-refractivity contribution in [2.24, 2.45) is 0 Å². The van der Waals surface area contributed by atoms with Crippen molar-refractivity contribution in [2.75, 3.05) is 33.2 Å². The average Bonchev–Trinajstić information content (AvgIpc) is 2.83. The minimum Gasteiger partial charge on any atom is -0.503 e. The summed E-state index contributed by atoms with van der Waals surface area (Å²) in [6.07, 6.45) is 3.35. The van der Waals surface area contributed by atoms with Gasteiger partial charge in [-0.25, -0.2) is 8.42 Å². The second-order valence-electron chi connectivity index (χ2n) is 6.93. The molecule has 3 aromatic carbocycles. The monoisotopic (exact) mass is 505 g/mol. The average molecular weight is 506 g/mol. The third kappa shape index (κ3) is 5.32. The lowest BCUT2D eigenvalue weighted by molar-refractivity contribution is 0.324. The van der Waals surface area contributed by atoms with E-state index in [1.165, 1.54) is 58.8 Å². The number of sulfonamides is 1. The lowest BCUT2D eigenvalue weighted by atomic mass is 10.1. The first-order valence-electron chi connectivity index (χ1n) is 9.90. The third-order valence-corrected chi connectivity index (χ3v) is 6.51. The number of aromatic hydroxyl groups is 1. The van der Waals surface area contributed by atoms with Crippen LogP contribution in [0.15, 0.2) is 53.4 Å². The van der Waals surface area contributed by atoms with Gasteiger partial charge >= 0.3 is 0 Å². The van der Waals surface area contributed by atoms with Gasteiger partial charge in [0, 0.05) is 10.6 Å². The van der Waals surface area contributed by atoms with E-state index in [2.05, 4.69) is 4.72 Å². The number of anilines is 1. The Hall–Kier alpha value is -3.56.